The van der Waals surface area contributed by atoms with E-state index >= 15 is 0 Å². The van der Waals surface area contributed by atoms with Crippen LogP contribution in [0.2, 0.25) is 0 Å². The van der Waals surface area contributed by atoms with Gasteiger partial charge in [0.1, 0.15) is 0 Å². The van der Waals surface area contributed by atoms with Crippen LogP contribution >= 0.6 is 12.2 Å². The first-order valence-electron chi connectivity index (χ1n) is 6.36. The summed E-state index contributed by atoms with van der Waals surface area (Å²) in [5.41, 5.74) is 5.51. The van der Waals surface area contributed by atoms with Crippen LogP contribution in [0.5, 0.6) is 0 Å². The smallest absolute Gasteiger partial charge is 0.229 e. The van der Waals surface area contributed by atoms with Crippen molar-refractivity contribution in [3.8, 4) is 0 Å². The van der Waals surface area contributed by atoms with E-state index in [0.29, 0.717) is 13.0 Å². The van der Waals surface area contributed by atoms with Crippen LogP contribution in [-0.4, -0.2) is 42.0 Å². The maximum absolute atomic E-state index is 11.7. The minimum absolute atomic E-state index is 0.0486. The van der Waals surface area contributed by atoms with Gasteiger partial charge in [-0.05, 0) is 25.9 Å². The first kappa shape index (κ1) is 16.3. The number of amides is 1. The van der Waals surface area contributed by atoms with Gasteiger partial charge in [-0.3, -0.25) is 4.79 Å². The zero-order valence-electron chi connectivity index (χ0n) is 11.2. The summed E-state index contributed by atoms with van der Waals surface area (Å²) in [4.78, 5) is 14.3. The largest absolute Gasteiger partial charge is 0.393 e. The van der Waals surface area contributed by atoms with Crippen LogP contribution in [0.1, 0.15) is 33.6 Å². The zero-order chi connectivity index (χ0) is 13.3. The highest BCUT2D eigenvalue weighted by molar-refractivity contribution is 7.80. The molecule has 0 heterocycles. The maximum atomic E-state index is 11.7. The maximum Gasteiger partial charge on any atom is 0.229 e. The van der Waals surface area contributed by atoms with Crippen LogP contribution in [-0.2, 0) is 4.79 Å². The number of carbonyl (C=O) groups is 1. The molecule has 0 aliphatic carbocycles. The summed E-state index contributed by atoms with van der Waals surface area (Å²) in [6.45, 7) is 9.81. The van der Waals surface area contributed by atoms with Crippen molar-refractivity contribution in [1.29, 1.82) is 0 Å². The van der Waals surface area contributed by atoms with Crippen molar-refractivity contribution < 1.29 is 4.79 Å². The number of nitrogens with two attached hydrogens (primary N) is 1. The molecule has 0 saturated heterocycles. The number of thiocarbonyl (C=S) groups is 1. The van der Waals surface area contributed by atoms with Crippen LogP contribution < -0.4 is 11.1 Å². The molecule has 5 heteroatoms. The van der Waals surface area contributed by atoms with Crippen LogP contribution in [0.25, 0.3) is 0 Å². The molecule has 0 aromatic heterocycles. The van der Waals surface area contributed by atoms with Crippen LogP contribution in [0, 0.1) is 5.92 Å². The molecule has 0 rings (SSSR count). The minimum Gasteiger partial charge on any atom is -0.393 e. The van der Waals surface area contributed by atoms with Crippen molar-refractivity contribution in [2.24, 2.45) is 11.7 Å². The predicted molar refractivity (Wildman–Crippen MR) is 76.0 cm³/mol. The standard InChI is InChI=1S/C12H25N3OS/c1-4-8-15(6-3)9-7-14-12(16)10(5-2)11(13)17/h10H,4-9H2,1-3H3,(H2,13,17)(H,14,16). The van der Waals surface area contributed by atoms with Crippen molar-refractivity contribution in [2.45, 2.75) is 33.6 Å². The topological polar surface area (TPSA) is 58.4 Å². The lowest BCUT2D eigenvalue weighted by atomic mass is 10.1. The van der Waals surface area contributed by atoms with E-state index in [9.17, 15) is 4.79 Å². The summed E-state index contributed by atoms with van der Waals surface area (Å²) in [6, 6.07) is 0. The van der Waals surface area contributed by atoms with Crippen LogP contribution in [0.15, 0.2) is 0 Å². The SMILES string of the molecule is CCCN(CC)CCNC(=O)C(CC)C(N)=S. The molecular weight excluding hydrogens is 234 g/mol. The highest BCUT2D eigenvalue weighted by Gasteiger charge is 2.18. The molecule has 100 valence electrons. The Balaban J connectivity index is 3.94. The minimum atomic E-state index is -0.328. The van der Waals surface area contributed by atoms with Gasteiger partial charge in [0.2, 0.25) is 5.91 Å². The Morgan fingerprint density at radius 1 is 1.35 bits per heavy atom. The second kappa shape index (κ2) is 9.36. The van der Waals surface area contributed by atoms with E-state index in [2.05, 4.69) is 24.1 Å². The quantitative estimate of drug-likeness (QED) is 0.610. The zero-order valence-corrected chi connectivity index (χ0v) is 12.0. The molecule has 1 unspecified atom stereocenters. The van der Waals surface area contributed by atoms with Gasteiger partial charge in [-0.25, -0.2) is 0 Å². The van der Waals surface area contributed by atoms with Crippen molar-refractivity contribution in [1.82, 2.24) is 10.2 Å². The Bertz CT molecular complexity index is 246. The average Bonchev–Trinajstić information content (AvgIpc) is 2.28. The number of carbonyl (C=O) groups excluding carboxylic acids is 1. The van der Waals surface area contributed by atoms with Gasteiger partial charge < -0.3 is 16.0 Å². The normalized spacial score (nSPS) is 12.5. The van der Waals surface area contributed by atoms with E-state index in [0.717, 1.165) is 26.1 Å². The molecule has 0 saturated carbocycles. The third-order valence-corrected chi connectivity index (χ3v) is 3.07. The second-order valence-corrected chi connectivity index (χ2v) is 4.56. The van der Waals surface area contributed by atoms with Crippen molar-refractivity contribution in [3.63, 3.8) is 0 Å². The van der Waals surface area contributed by atoms with E-state index < -0.39 is 0 Å². The number of hydrogen-bond acceptors (Lipinski definition) is 3. The summed E-state index contributed by atoms with van der Waals surface area (Å²) < 4.78 is 0. The van der Waals surface area contributed by atoms with Crippen LogP contribution in [0.4, 0.5) is 0 Å². The molecule has 0 bridgehead atoms. The summed E-state index contributed by atoms with van der Waals surface area (Å²) in [5.74, 6) is -0.376. The van der Waals surface area contributed by atoms with E-state index in [-0.39, 0.29) is 16.8 Å². The second-order valence-electron chi connectivity index (χ2n) is 4.09. The fraction of sp³-hybridized carbons (Fsp3) is 0.833. The van der Waals surface area contributed by atoms with Gasteiger partial charge in [-0.1, -0.05) is 33.0 Å². The number of rotatable bonds is 9. The highest BCUT2D eigenvalue weighted by Crippen LogP contribution is 2.02. The van der Waals surface area contributed by atoms with Crippen molar-refractivity contribution >= 4 is 23.1 Å². The summed E-state index contributed by atoms with van der Waals surface area (Å²) in [7, 11) is 0. The Labute approximate surface area is 110 Å². The molecule has 17 heavy (non-hydrogen) atoms. The molecular formula is C12H25N3OS. The fourth-order valence-electron chi connectivity index (χ4n) is 1.72. The third kappa shape index (κ3) is 6.58. The lowest BCUT2D eigenvalue weighted by Gasteiger charge is -2.20. The molecule has 0 aliphatic heterocycles. The Morgan fingerprint density at radius 3 is 2.41 bits per heavy atom. The molecule has 1 atom stereocenters. The monoisotopic (exact) mass is 259 g/mol. The number of likely N-dealkylation sites (N-methyl/N-ethyl adjacent to an activating group) is 1. The lowest BCUT2D eigenvalue weighted by molar-refractivity contribution is -0.123. The van der Waals surface area contributed by atoms with E-state index in [4.69, 9.17) is 18.0 Å². The van der Waals surface area contributed by atoms with Gasteiger partial charge in [0.15, 0.2) is 0 Å². The summed E-state index contributed by atoms with van der Waals surface area (Å²) in [5, 5.41) is 2.89. The molecule has 0 aromatic rings. The van der Waals surface area contributed by atoms with E-state index in [1.165, 1.54) is 0 Å². The van der Waals surface area contributed by atoms with Gasteiger partial charge in [0.25, 0.3) is 0 Å². The van der Waals surface area contributed by atoms with Gasteiger partial charge >= 0.3 is 0 Å². The molecule has 4 nitrogen and oxygen atoms in total. The molecule has 3 N–H and O–H groups in total. The number of nitrogens with one attached hydrogen (secondary N) is 1. The lowest BCUT2D eigenvalue weighted by Crippen LogP contribution is -2.41. The molecule has 0 fully saturated rings. The van der Waals surface area contributed by atoms with Gasteiger partial charge in [-0.2, -0.15) is 0 Å². The average molecular weight is 259 g/mol. The molecule has 0 aliphatic rings. The highest BCUT2D eigenvalue weighted by atomic mass is 32.1. The summed E-state index contributed by atoms with van der Waals surface area (Å²) in [6.07, 6.45) is 1.79. The first-order chi connectivity index (χ1) is 8.06. The van der Waals surface area contributed by atoms with Gasteiger partial charge in [0.05, 0.1) is 10.9 Å². The number of hydrogen-bond donors (Lipinski definition) is 2. The van der Waals surface area contributed by atoms with Crippen molar-refractivity contribution in [2.75, 3.05) is 26.2 Å². The van der Waals surface area contributed by atoms with Gasteiger partial charge in [0, 0.05) is 13.1 Å². The van der Waals surface area contributed by atoms with Gasteiger partial charge in [-0.15, -0.1) is 0 Å². The molecule has 0 radical (unpaired) electrons. The van der Waals surface area contributed by atoms with Crippen molar-refractivity contribution in [3.05, 3.63) is 0 Å². The third-order valence-electron chi connectivity index (χ3n) is 2.78. The van der Waals surface area contributed by atoms with E-state index in [1.54, 1.807) is 0 Å². The summed E-state index contributed by atoms with van der Waals surface area (Å²) >= 11 is 4.87. The Hall–Kier alpha value is -0.680. The fourth-order valence-corrected chi connectivity index (χ4v) is 1.99. The molecule has 0 aromatic carbocycles. The van der Waals surface area contributed by atoms with E-state index in [1.807, 2.05) is 6.92 Å². The first-order valence-corrected chi connectivity index (χ1v) is 6.76. The Morgan fingerprint density at radius 2 is 2.00 bits per heavy atom. The Kier molecular flexibility index (Phi) is 8.99. The molecule has 0 spiro atoms. The predicted octanol–water partition coefficient (Wildman–Crippen LogP) is 1.15. The number of nitrogens with zero attached hydrogens (tertiary/aromatic N) is 1. The molecule has 1 amide bonds. The van der Waals surface area contributed by atoms with Crippen LogP contribution in [0.3, 0.4) is 0 Å².